The molecule has 1 atom stereocenters. The fourth-order valence-corrected chi connectivity index (χ4v) is 4.07. The maximum atomic E-state index is 13.1. The monoisotopic (exact) mass is 391 g/mol. The van der Waals surface area contributed by atoms with Gasteiger partial charge in [0.1, 0.15) is 0 Å². The Balaban J connectivity index is 1.57. The van der Waals surface area contributed by atoms with Gasteiger partial charge in [-0.15, -0.1) is 0 Å². The number of methoxy groups -OCH3 is 2. The van der Waals surface area contributed by atoms with Crippen molar-refractivity contribution < 1.29 is 14.3 Å². The number of rotatable bonds is 6. The highest BCUT2D eigenvalue weighted by Crippen LogP contribution is 2.42. The minimum absolute atomic E-state index is 0.0536. The first-order chi connectivity index (χ1) is 14.1. The van der Waals surface area contributed by atoms with E-state index in [2.05, 4.69) is 22.5 Å². The van der Waals surface area contributed by atoms with Gasteiger partial charge in [0.2, 0.25) is 0 Å². The molecule has 6 heteroatoms. The minimum atomic E-state index is -0.100. The number of carbonyl (C=O) groups excluding carboxylic acids is 1. The van der Waals surface area contributed by atoms with Crippen molar-refractivity contribution in [2.24, 2.45) is 7.05 Å². The van der Waals surface area contributed by atoms with Crippen molar-refractivity contribution >= 4 is 5.91 Å². The largest absolute Gasteiger partial charge is 0.493 e. The Morgan fingerprint density at radius 1 is 1.17 bits per heavy atom. The van der Waals surface area contributed by atoms with E-state index in [0.29, 0.717) is 12.0 Å². The summed E-state index contributed by atoms with van der Waals surface area (Å²) in [5.41, 5.74) is 4.86. The van der Waals surface area contributed by atoms with E-state index >= 15 is 0 Å². The number of aryl methyl sites for hydroxylation is 1. The van der Waals surface area contributed by atoms with Crippen LogP contribution in [0.5, 0.6) is 11.5 Å². The van der Waals surface area contributed by atoms with Gasteiger partial charge in [-0.05, 0) is 30.0 Å². The number of benzene rings is 2. The third-order valence-corrected chi connectivity index (χ3v) is 5.57. The van der Waals surface area contributed by atoms with Crippen molar-refractivity contribution in [1.29, 1.82) is 0 Å². The predicted molar refractivity (Wildman–Crippen MR) is 111 cm³/mol. The van der Waals surface area contributed by atoms with E-state index in [0.717, 1.165) is 46.7 Å². The Labute approximate surface area is 170 Å². The molecule has 0 spiro atoms. The average molecular weight is 391 g/mol. The van der Waals surface area contributed by atoms with Gasteiger partial charge in [-0.25, -0.2) is 0 Å². The Morgan fingerprint density at radius 2 is 1.97 bits per heavy atom. The summed E-state index contributed by atoms with van der Waals surface area (Å²) < 4.78 is 12.7. The molecule has 6 nitrogen and oxygen atoms in total. The normalized spacial score (nSPS) is 15.1. The number of nitrogens with zero attached hydrogens (tertiary/aromatic N) is 2. The molecule has 0 fully saturated rings. The lowest BCUT2D eigenvalue weighted by Gasteiger charge is -2.16. The van der Waals surface area contributed by atoms with Crippen LogP contribution < -0.4 is 14.8 Å². The van der Waals surface area contributed by atoms with Crippen molar-refractivity contribution in [3.63, 3.8) is 0 Å². The van der Waals surface area contributed by atoms with Crippen LogP contribution in [-0.2, 0) is 19.9 Å². The zero-order chi connectivity index (χ0) is 20.4. The third kappa shape index (κ3) is 3.58. The first-order valence-corrected chi connectivity index (χ1v) is 9.71. The highest BCUT2D eigenvalue weighted by Gasteiger charge is 2.29. The van der Waals surface area contributed by atoms with Crippen LogP contribution in [-0.4, -0.2) is 29.9 Å². The lowest BCUT2D eigenvalue weighted by atomic mass is 10.0. The SMILES string of the molecule is COc1ccc2c(c1OC)CCC2NC(=O)c1cnn(C)c1Cc1ccccc1. The van der Waals surface area contributed by atoms with Gasteiger partial charge in [-0.2, -0.15) is 5.10 Å². The molecule has 0 radical (unpaired) electrons. The Hall–Kier alpha value is -3.28. The van der Waals surface area contributed by atoms with Crippen LogP contribution in [0.15, 0.2) is 48.7 Å². The smallest absolute Gasteiger partial charge is 0.255 e. The molecule has 0 bridgehead atoms. The topological polar surface area (TPSA) is 65.4 Å². The molecular weight excluding hydrogens is 366 g/mol. The number of hydrogen-bond donors (Lipinski definition) is 1. The molecule has 1 aliphatic carbocycles. The minimum Gasteiger partial charge on any atom is -0.493 e. The Kier molecular flexibility index (Phi) is 5.25. The van der Waals surface area contributed by atoms with Crippen LogP contribution in [0.3, 0.4) is 0 Å². The summed E-state index contributed by atoms with van der Waals surface area (Å²) in [6, 6.07) is 14.0. The summed E-state index contributed by atoms with van der Waals surface area (Å²) >= 11 is 0. The summed E-state index contributed by atoms with van der Waals surface area (Å²) in [5.74, 6) is 1.38. The van der Waals surface area contributed by atoms with Crippen molar-refractivity contribution in [1.82, 2.24) is 15.1 Å². The summed E-state index contributed by atoms with van der Waals surface area (Å²) in [4.78, 5) is 13.1. The van der Waals surface area contributed by atoms with E-state index in [1.807, 2.05) is 37.4 Å². The number of aromatic nitrogens is 2. The number of fused-ring (bicyclic) bond motifs is 1. The van der Waals surface area contributed by atoms with Gasteiger partial charge >= 0.3 is 0 Å². The van der Waals surface area contributed by atoms with Crippen LogP contribution >= 0.6 is 0 Å². The van der Waals surface area contributed by atoms with Crippen molar-refractivity contribution in [2.45, 2.75) is 25.3 Å². The lowest BCUT2D eigenvalue weighted by Crippen LogP contribution is -2.28. The van der Waals surface area contributed by atoms with Crippen LogP contribution in [0.25, 0.3) is 0 Å². The van der Waals surface area contributed by atoms with Crippen molar-refractivity contribution in [3.8, 4) is 11.5 Å². The van der Waals surface area contributed by atoms with Gasteiger partial charge in [0.25, 0.3) is 5.91 Å². The Bertz CT molecular complexity index is 1030. The van der Waals surface area contributed by atoms with E-state index < -0.39 is 0 Å². The van der Waals surface area contributed by atoms with E-state index in [-0.39, 0.29) is 11.9 Å². The van der Waals surface area contributed by atoms with Crippen molar-refractivity contribution in [3.05, 3.63) is 76.6 Å². The summed E-state index contributed by atoms with van der Waals surface area (Å²) in [6.07, 6.45) is 3.98. The van der Waals surface area contributed by atoms with E-state index in [9.17, 15) is 4.79 Å². The predicted octanol–water partition coefficient (Wildman–Crippen LogP) is 3.45. The molecule has 0 saturated heterocycles. The first kappa shape index (κ1) is 19.1. The molecule has 29 heavy (non-hydrogen) atoms. The molecule has 1 aromatic heterocycles. The molecule has 3 aromatic rings. The van der Waals surface area contributed by atoms with E-state index in [1.54, 1.807) is 25.1 Å². The van der Waals surface area contributed by atoms with Gasteiger partial charge in [0.05, 0.1) is 37.7 Å². The van der Waals surface area contributed by atoms with E-state index in [4.69, 9.17) is 9.47 Å². The maximum absolute atomic E-state index is 13.1. The zero-order valence-corrected chi connectivity index (χ0v) is 16.9. The second kappa shape index (κ2) is 7.99. The molecule has 1 unspecified atom stereocenters. The fourth-order valence-electron chi connectivity index (χ4n) is 4.07. The van der Waals surface area contributed by atoms with Crippen LogP contribution in [0, 0.1) is 0 Å². The molecule has 1 heterocycles. The Morgan fingerprint density at radius 3 is 2.69 bits per heavy atom. The second-order valence-corrected chi connectivity index (χ2v) is 7.22. The highest BCUT2D eigenvalue weighted by molar-refractivity contribution is 5.95. The molecular formula is C23H25N3O3. The van der Waals surface area contributed by atoms with Crippen molar-refractivity contribution in [2.75, 3.05) is 14.2 Å². The van der Waals surface area contributed by atoms with Crippen LogP contribution in [0.2, 0.25) is 0 Å². The van der Waals surface area contributed by atoms with Gasteiger partial charge in [0.15, 0.2) is 11.5 Å². The zero-order valence-electron chi connectivity index (χ0n) is 16.9. The van der Waals surface area contributed by atoms with Gasteiger partial charge in [-0.1, -0.05) is 36.4 Å². The summed E-state index contributed by atoms with van der Waals surface area (Å²) in [6.45, 7) is 0. The van der Waals surface area contributed by atoms with Gasteiger partial charge < -0.3 is 14.8 Å². The standard InChI is InChI=1S/C23H25N3O3/c1-26-20(13-15-7-5-4-6-8-15)18(14-24-26)23(27)25-19-11-9-17-16(19)10-12-21(28-2)22(17)29-3/h4-8,10,12,14,19H,9,11,13H2,1-3H3,(H,25,27). The molecule has 0 saturated carbocycles. The van der Waals surface area contributed by atoms with Gasteiger partial charge in [-0.3, -0.25) is 9.48 Å². The third-order valence-electron chi connectivity index (χ3n) is 5.57. The number of hydrogen-bond acceptors (Lipinski definition) is 4. The molecule has 4 rings (SSSR count). The first-order valence-electron chi connectivity index (χ1n) is 9.71. The second-order valence-electron chi connectivity index (χ2n) is 7.22. The number of carbonyl (C=O) groups is 1. The number of ether oxygens (including phenoxy) is 2. The number of amides is 1. The molecule has 0 aliphatic heterocycles. The average Bonchev–Trinajstić information content (AvgIpc) is 3.31. The molecule has 1 amide bonds. The lowest BCUT2D eigenvalue weighted by molar-refractivity contribution is 0.0935. The highest BCUT2D eigenvalue weighted by atomic mass is 16.5. The molecule has 150 valence electrons. The summed E-state index contributed by atoms with van der Waals surface area (Å²) in [5, 5.41) is 7.51. The van der Waals surface area contributed by atoms with Gasteiger partial charge in [0, 0.05) is 19.0 Å². The maximum Gasteiger partial charge on any atom is 0.255 e. The fraction of sp³-hybridized carbons (Fsp3) is 0.304. The quantitative estimate of drug-likeness (QED) is 0.699. The molecule has 1 aliphatic rings. The molecule has 1 N–H and O–H groups in total. The number of nitrogens with one attached hydrogen (secondary N) is 1. The van der Waals surface area contributed by atoms with Crippen LogP contribution in [0.1, 0.15) is 45.2 Å². The van der Waals surface area contributed by atoms with Crippen LogP contribution in [0.4, 0.5) is 0 Å². The molecule has 2 aromatic carbocycles. The summed E-state index contributed by atoms with van der Waals surface area (Å²) in [7, 11) is 5.15. The van der Waals surface area contributed by atoms with E-state index in [1.165, 1.54) is 0 Å².